The third-order valence-electron chi connectivity index (χ3n) is 5.66. The highest BCUT2D eigenvalue weighted by Crippen LogP contribution is 2.32. The van der Waals surface area contributed by atoms with Crippen LogP contribution in [-0.2, 0) is 16.0 Å². The van der Waals surface area contributed by atoms with Crippen molar-refractivity contribution in [3.8, 4) is 0 Å². The molecule has 3 heterocycles. The molecule has 0 aromatic carbocycles. The first-order valence-electron chi connectivity index (χ1n) is 9.59. The fourth-order valence-electron chi connectivity index (χ4n) is 4.30. The van der Waals surface area contributed by atoms with Gasteiger partial charge < -0.3 is 19.1 Å². The molecule has 3 rings (SSSR count). The molecular formula is C19H29N3O4. The molecule has 144 valence electrons. The van der Waals surface area contributed by atoms with Gasteiger partial charge in [-0.2, -0.15) is 0 Å². The summed E-state index contributed by atoms with van der Waals surface area (Å²) < 4.78 is 10.4. The molecule has 2 aliphatic heterocycles. The molecule has 2 saturated heterocycles. The molecule has 7 nitrogen and oxygen atoms in total. The van der Waals surface area contributed by atoms with E-state index < -0.39 is 0 Å². The Kier molecular flexibility index (Phi) is 5.96. The van der Waals surface area contributed by atoms with Crippen molar-refractivity contribution < 1.29 is 18.8 Å². The zero-order chi connectivity index (χ0) is 18.7. The molecule has 1 aromatic heterocycles. The van der Waals surface area contributed by atoms with Crippen LogP contribution in [0.25, 0.3) is 0 Å². The molecule has 2 amide bonds. The Morgan fingerprint density at radius 1 is 1.38 bits per heavy atom. The standard InChI is InChI=1S/C19H29N3O4/c1-4-15-18(13(2)26-20-15)19(24)21-10-8-16-14(12-21)6-7-17(23)22(16)9-5-11-25-3/h14,16H,4-12H2,1-3H3/t14-,16+/m0/s1. The molecule has 0 saturated carbocycles. The van der Waals surface area contributed by atoms with Crippen LogP contribution in [-0.4, -0.2) is 66.2 Å². The van der Waals surface area contributed by atoms with E-state index in [1.165, 1.54) is 0 Å². The molecule has 0 aliphatic carbocycles. The Labute approximate surface area is 154 Å². The molecule has 0 N–H and O–H groups in total. The quantitative estimate of drug-likeness (QED) is 0.723. The predicted octanol–water partition coefficient (Wildman–Crippen LogP) is 2.04. The number of hydrogen-bond donors (Lipinski definition) is 0. The lowest BCUT2D eigenvalue weighted by Crippen LogP contribution is -2.57. The maximum atomic E-state index is 13.0. The van der Waals surface area contributed by atoms with E-state index in [4.69, 9.17) is 9.26 Å². The van der Waals surface area contributed by atoms with E-state index in [-0.39, 0.29) is 17.9 Å². The topological polar surface area (TPSA) is 75.9 Å². The van der Waals surface area contributed by atoms with E-state index in [0.717, 1.165) is 31.5 Å². The van der Waals surface area contributed by atoms with Crippen molar-refractivity contribution in [1.82, 2.24) is 15.0 Å². The van der Waals surface area contributed by atoms with E-state index in [1.54, 1.807) is 14.0 Å². The number of methoxy groups -OCH3 is 1. The van der Waals surface area contributed by atoms with Gasteiger partial charge in [-0.1, -0.05) is 12.1 Å². The smallest absolute Gasteiger partial charge is 0.259 e. The van der Waals surface area contributed by atoms with Gasteiger partial charge in [0.2, 0.25) is 5.91 Å². The van der Waals surface area contributed by atoms with E-state index in [2.05, 4.69) is 5.16 Å². The average molecular weight is 363 g/mol. The van der Waals surface area contributed by atoms with Crippen LogP contribution in [0.4, 0.5) is 0 Å². The number of fused-ring (bicyclic) bond motifs is 1. The van der Waals surface area contributed by atoms with Crippen molar-refractivity contribution in [2.75, 3.05) is 33.4 Å². The summed E-state index contributed by atoms with van der Waals surface area (Å²) in [7, 11) is 1.68. The highest BCUT2D eigenvalue weighted by Gasteiger charge is 2.40. The van der Waals surface area contributed by atoms with Gasteiger partial charge in [0.05, 0.1) is 5.69 Å². The van der Waals surface area contributed by atoms with Crippen molar-refractivity contribution in [3.05, 3.63) is 17.0 Å². The molecule has 0 spiro atoms. The third kappa shape index (κ3) is 3.63. The summed E-state index contributed by atoms with van der Waals surface area (Å²) in [4.78, 5) is 29.3. The normalized spacial score (nSPS) is 23.3. The third-order valence-corrected chi connectivity index (χ3v) is 5.66. The van der Waals surface area contributed by atoms with Crippen molar-refractivity contribution in [2.45, 2.75) is 52.0 Å². The first kappa shape index (κ1) is 18.9. The molecule has 7 heteroatoms. The van der Waals surface area contributed by atoms with Crippen molar-refractivity contribution >= 4 is 11.8 Å². The number of carbonyl (C=O) groups excluding carboxylic acids is 2. The van der Waals surface area contributed by atoms with Crippen LogP contribution >= 0.6 is 0 Å². The zero-order valence-electron chi connectivity index (χ0n) is 16.0. The van der Waals surface area contributed by atoms with Crippen molar-refractivity contribution in [2.24, 2.45) is 5.92 Å². The summed E-state index contributed by atoms with van der Waals surface area (Å²) in [5, 5.41) is 4.01. The Morgan fingerprint density at radius 2 is 2.19 bits per heavy atom. The number of rotatable bonds is 6. The summed E-state index contributed by atoms with van der Waals surface area (Å²) in [6, 6.07) is 0.242. The molecule has 2 fully saturated rings. The van der Waals surface area contributed by atoms with Gasteiger partial charge in [0, 0.05) is 45.8 Å². The van der Waals surface area contributed by atoms with Gasteiger partial charge >= 0.3 is 0 Å². The number of carbonyl (C=O) groups is 2. The van der Waals surface area contributed by atoms with Gasteiger partial charge in [0.25, 0.3) is 5.91 Å². The molecule has 2 atom stereocenters. The number of hydrogen-bond acceptors (Lipinski definition) is 5. The summed E-state index contributed by atoms with van der Waals surface area (Å²) in [6.45, 7) is 6.55. The molecule has 26 heavy (non-hydrogen) atoms. The van der Waals surface area contributed by atoms with Crippen molar-refractivity contribution in [1.29, 1.82) is 0 Å². The maximum Gasteiger partial charge on any atom is 0.259 e. The fraction of sp³-hybridized carbons (Fsp3) is 0.737. The van der Waals surface area contributed by atoms with Gasteiger partial charge in [-0.3, -0.25) is 9.59 Å². The number of amides is 2. The van der Waals surface area contributed by atoms with Crippen LogP contribution in [0.1, 0.15) is 54.4 Å². The highest BCUT2D eigenvalue weighted by molar-refractivity contribution is 5.96. The van der Waals surface area contributed by atoms with E-state index in [1.807, 2.05) is 16.7 Å². The van der Waals surface area contributed by atoms with E-state index in [0.29, 0.717) is 49.8 Å². The molecule has 0 bridgehead atoms. The van der Waals surface area contributed by atoms with Crippen LogP contribution in [0.3, 0.4) is 0 Å². The first-order chi connectivity index (χ1) is 12.6. The SMILES string of the molecule is CCc1noc(C)c1C(=O)N1CC[C@@H]2[C@@H](CCC(=O)N2CCCOC)C1. The lowest BCUT2D eigenvalue weighted by molar-refractivity contribution is -0.140. The molecule has 0 radical (unpaired) electrons. The number of ether oxygens (including phenoxy) is 1. The van der Waals surface area contributed by atoms with Gasteiger partial charge in [-0.15, -0.1) is 0 Å². The molecule has 2 aliphatic rings. The average Bonchev–Trinajstić information content (AvgIpc) is 3.03. The summed E-state index contributed by atoms with van der Waals surface area (Å²) >= 11 is 0. The second-order valence-corrected chi connectivity index (χ2v) is 7.25. The lowest BCUT2D eigenvalue weighted by Gasteiger charge is -2.47. The monoisotopic (exact) mass is 363 g/mol. The first-order valence-corrected chi connectivity index (χ1v) is 9.59. The number of aromatic nitrogens is 1. The van der Waals surface area contributed by atoms with Crippen LogP contribution in [0.2, 0.25) is 0 Å². The highest BCUT2D eigenvalue weighted by atomic mass is 16.5. The van der Waals surface area contributed by atoms with Crippen LogP contribution < -0.4 is 0 Å². The summed E-state index contributed by atoms with van der Waals surface area (Å²) in [5.41, 5.74) is 1.35. The van der Waals surface area contributed by atoms with Crippen LogP contribution in [0.15, 0.2) is 4.52 Å². The number of aryl methyl sites for hydroxylation is 2. The second-order valence-electron chi connectivity index (χ2n) is 7.25. The minimum atomic E-state index is 0.0156. The zero-order valence-corrected chi connectivity index (χ0v) is 16.0. The minimum Gasteiger partial charge on any atom is -0.385 e. The number of piperidine rings is 2. The maximum absolute atomic E-state index is 13.0. The second kappa shape index (κ2) is 8.20. The minimum absolute atomic E-state index is 0.0156. The van der Waals surface area contributed by atoms with Gasteiger partial charge in [0.1, 0.15) is 11.3 Å². The Balaban J connectivity index is 1.68. The van der Waals surface area contributed by atoms with Gasteiger partial charge in [-0.05, 0) is 38.5 Å². The number of nitrogens with zero attached hydrogens (tertiary/aromatic N) is 3. The Hall–Kier alpha value is -1.89. The molecule has 1 aromatic rings. The van der Waals surface area contributed by atoms with Crippen LogP contribution in [0, 0.1) is 12.8 Å². The van der Waals surface area contributed by atoms with Gasteiger partial charge in [0.15, 0.2) is 0 Å². The lowest BCUT2D eigenvalue weighted by atomic mass is 9.83. The fourth-order valence-corrected chi connectivity index (χ4v) is 4.30. The molecule has 0 unspecified atom stereocenters. The number of likely N-dealkylation sites (tertiary alicyclic amines) is 2. The van der Waals surface area contributed by atoms with Gasteiger partial charge in [-0.25, -0.2) is 0 Å². The van der Waals surface area contributed by atoms with E-state index in [9.17, 15) is 9.59 Å². The Bertz CT molecular complexity index is 657. The Morgan fingerprint density at radius 3 is 2.92 bits per heavy atom. The predicted molar refractivity (Wildman–Crippen MR) is 95.9 cm³/mol. The van der Waals surface area contributed by atoms with E-state index >= 15 is 0 Å². The molecular weight excluding hydrogens is 334 g/mol. The van der Waals surface area contributed by atoms with Crippen LogP contribution in [0.5, 0.6) is 0 Å². The summed E-state index contributed by atoms with van der Waals surface area (Å²) in [5.74, 6) is 1.19. The summed E-state index contributed by atoms with van der Waals surface area (Å²) in [6.07, 6.45) is 3.80. The largest absolute Gasteiger partial charge is 0.385 e. The van der Waals surface area contributed by atoms with Crippen molar-refractivity contribution in [3.63, 3.8) is 0 Å².